The molecular weight excluding hydrogens is 354 g/mol. The Labute approximate surface area is 162 Å². The second kappa shape index (κ2) is 8.79. The molecule has 1 aromatic heterocycles. The predicted molar refractivity (Wildman–Crippen MR) is 107 cm³/mol. The highest BCUT2D eigenvalue weighted by molar-refractivity contribution is 5.95. The van der Waals surface area contributed by atoms with Crippen molar-refractivity contribution in [2.24, 2.45) is 11.5 Å². The van der Waals surface area contributed by atoms with Gasteiger partial charge in [0.25, 0.3) is 5.91 Å². The van der Waals surface area contributed by atoms with E-state index >= 15 is 0 Å². The van der Waals surface area contributed by atoms with Gasteiger partial charge in [-0.05, 0) is 35.4 Å². The van der Waals surface area contributed by atoms with Crippen LogP contribution < -0.4 is 21.5 Å². The Balaban J connectivity index is 1.64. The zero-order valence-electron chi connectivity index (χ0n) is 15.2. The molecule has 28 heavy (non-hydrogen) atoms. The van der Waals surface area contributed by atoms with Gasteiger partial charge in [-0.25, -0.2) is 4.98 Å². The maximum absolute atomic E-state index is 12.4. The normalized spacial score (nSPS) is 10.3. The lowest BCUT2D eigenvalue weighted by Crippen LogP contribution is -2.22. The summed E-state index contributed by atoms with van der Waals surface area (Å²) in [6.45, 7) is 0.761. The highest BCUT2D eigenvalue weighted by Gasteiger charge is 2.08. The number of nitrogens with one attached hydrogen (secondary N) is 2. The second-order valence-electron chi connectivity index (χ2n) is 6.13. The van der Waals surface area contributed by atoms with E-state index in [1.807, 2.05) is 18.2 Å². The fourth-order valence-electron chi connectivity index (χ4n) is 2.54. The molecule has 6 N–H and O–H groups in total. The third kappa shape index (κ3) is 4.93. The van der Waals surface area contributed by atoms with Crippen LogP contribution in [0.25, 0.3) is 0 Å². The average molecular weight is 375 g/mol. The first-order valence-electron chi connectivity index (χ1n) is 8.69. The molecule has 0 radical (unpaired) electrons. The van der Waals surface area contributed by atoms with E-state index < -0.39 is 0 Å². The Morgan fingerprint density at radius 2 is 1.82 bits per heavy atom. The SMILES string of the molecule is N=C(N)c1ccc(CNC(=O)c2cccc(Oc3cc(CN)ccn3)c2)cc1. The van der Waals surface area contributed by atoms with E-state index in [1.165, 1.54) is 0 Å². The number of aromatic nitrogens is 1. The van der Waals surface area contributed by atoms with Gasteiger partial charge in [-0.2, -0.15) is 0 Å². The van der Waals surface area contributed by atoms with Crippen LogP contribution in [-0.2, 0) is 13.1 Å². The number of nitrogens with zero attached hydrogens (tertiary/aromatic N) is 1. The van der Waals surface area contributed by atoms with E-state index in [0.717, 1.165) is 11.1 Å². The van der Waals surface area contributed by atoms with Gasteiger partial charge >= 0.3 is 0 Å². The van der Waals surface area contributed by atoms with Crippen LogP contribution in [0.4, 0.5) is 0 Å². The Bertz CT molecular complexity index is 986. The molecule has 7 heteroatoms. The standard InChI is InChI=1S/C21H21N5O2/c22-12-15-8-9-25-19(10-15)28-18-3-1-2-17(11-18)21(27)26-13-14-4-6-16(7-5-14)20(23)24/h1-11H,12-13,22H2,(H3,23,24)(H,26,27). The van der Waals surface area contributed by atoms with Crippen LogP contribution in [0.2, 0.25) is 0 Å². The Kier molecular flexibility index (Phi) is 5.98. The number of hydrogen-bond acceptors (Lipinski definition) is 5. The first kappa shape index (κ1) is 19.1. The first-order valence-corrected chi connectivity index (χ1v) is 8.69. The Morgan fingerprint density at radius 3 is 2.54 bits per heavy atom. The number of benzene rings is 2. The van der Waals surface area contributed by atoms with Crippen molar-refractivity contribution in [3.05, 3.63) is 89.1 Å². The van der Waals surface area contributed by atoms with Crippen molar-refractivity contribution in [1.82, 2.24) is 10.3 Å². The van der Waals surface area contributed by atoms with Crippen molar-refractivity contribution in [1.29, 1.82) is 5.41 Å². The van der Waals surface area contributed by atoms with E-state index in [4.69, 9.17) is 21.6 Å². The van der Waals surface area contributed by atoms with Crippen molar-refractivity contribution in [3.63, 3.8) is 0 Å². The summed E-state index contributed by atoms with van der Waals surface area (Å²) in [5, 5.41) is 10.3. The lowest BCUT2D eigenvalue weighted by Gasteiger charge is -2.09. The van der Waals surface area contributed by atoms with Crippen molar-refractivity contribution in [3.8, 4) is 11.6 Å². The minimum Gasteiger partial charge on any atom is -0.439 e. The van der Waals surface area contributed by atoms with Crippen molar-refractivity contribution < 1.29 is 9.53 Å². The summed E-state index contributed by atoms with van der Waals surface area (Å²) in [6.07, 6.45) is 1.63. The first-order chi connectivity index (χ1) is 13.5. The fraction of sp³-hybridized carbons (Fsp3) is 0.0952. The van der Waals surface area contributed by atoms with Gasteiger partial charge in [0.1, 0.15) is 11.6 Å². The molecule has 0 spiro atoms. The molecule has 1 heterocycles. The van der Waals surface area contributed by atoms with Crippen molar-refractivity contribution in [2.75, 3.05) is 0 Å². The van der Waals surface area contributed by atoms with E-state index in [9.17, 15) is 4.79 Å². The summed E-state index contributed by atoms with van der Waals surface area (Å²) in [7, 11) is 0. The number of ether oxygens (including phenoxy) is 1. The van der Waals surface area contributed by atoms with Crippen LogP contribution in [0.3, 0.4) is 0 Å². The zero-order chi connectivity index (χ0) is 19.9. The van der Waals surface area contributed by atoms with Gasteiger partial charge in [-0.3, -0.25) is 10.2 Å². The van der Waals surface area contributed by atoms with Crippen LogP contribution in [0, 0.1) is 5.41 Å². The maximum Gasteiger partial charge on any atom is 0.251 e. The van der Waals surface area contributed by atoms with Crippen LogP contribution in [0.1, 0.15) is 27.0 Å². The largest absolute Gasteiger partial charge is 0.439 e. The highest BCUT2D eigenvalue weighted by atomic mass is 16.5. The number of nitrogen functional groups attached to an aromatic ring is 1. The quantitative estimate of drug-likeness (QED) is 0.373. The number of nitrogens with two attached hydrogens (primary N) is 2. The molecule has 0 aliphatic heterocycles. The zero-order valence-corrected chi connectivity index (χ0v) is 15.2. The molecule has 0 fully saturated rings. The van der Waals surface area contributed by atoms with Gasteiger partial charge in [0.05, 0.1) is 0 Å². The molecule has 0 saturated carbocycles. The minimum atomic E-state index is -0.218. The van der Waals surface area contributed by atoms with Crippen LogP contribution in [0.15, 0.2) is 66.9 Å². The van der Waals surface area contributed by atoms with Crippen LogP contribution >= 0.6 is 0 Å². The molecule has 3 aromatic rings. The summed E-state index contributed by atoms with van der Waals surface area (Å²) in [5.74, 6) is 0.731. The van der Waals surface area contributed by atoms with Crippen LogP contribution in [0.5, 0.6) is 11.6 Å². The fourth-order valence-corrected chi connectivity index (χ4v) is 2.54. The summed E-state index contributed by atoms with van der Waals surface area (Å²) >= 11 is 0. The molecule has 2 aromatic carbocycles. The number of pyridine rings is 1. The number of hydrogen-bond donors (Lipinski definition) is 4. The molecule has 7 nitrogen and oxygen atoms in total. The minimum absolute atomic E-state index is 0.0129. The molecule has 1 amide bonds. The lowest BCUT2D eigenvalue weighted by molar-refractivity contribution is 0.0950. The highest BCUT2D eigenvalue weighted by Crippen LogP contribution is 2.21. The number of amidine groups is 1. The predicted octanol–water partition coefficient (Wildman–Crippen LogP) is 2.55. The maximum atomic E-state index is 12.4. The van der Waals surface area contributed by atoms with Gasteiger partial charge in [0.15, 0.2) is 0 Å². The summed E-state index contributed by atoms with van der Waals surface area (Å²) < 4.78 is 5.73. The molecular formula is C21H21N5O2. The number of amides is 1. The van der Waals surface area contributed by atoms with Gasteiger partial charge in [0.2, 0.25) is 5.88 Å². The number of rotatable bonds is 7. The van der Waals surface area contributed by atoms with E-state index in [-0.39, 0.29) is 11.7 Å². The van der Waals surface area contributed by atoms with E-state index in [0.29, 0.717) is 35.8 Å². The van der Waals surface area contributed by atoms with Crippen LogP contribution in [-0.4, -0.2) is 16.7 Å². The molecule has 3 rings (SSSR count). The second-order valence-corrected chi connectivity index (χ2v) is 6.13. The molecule has 0 bridgehead atoms. The van der Waals surface area contributed by atoms with Gasteiger partial charge in [-0.1, -0.05) is 30.3 Å². The third-order valence-corrected chi connectivity index (χ3v) is 4.07. The van der Waals surface area contributed by atoms with Gasteiger partial charge < -0.3 is 21.5 Å². The molecule has 142 valence electrons. The molecule has 0 unspecified atom stereocenters. The van der Waals surface area contributed by atoms with E-state index in [1.54, 1.807) is 48.7 Å². The molecule has 0 atom stereocenters. The molecule has 0 aliphatic carbocycles. The lowest BCUT2D eigenvalue weighted by atomic mass is 10.1. The average Bonchev–Trinajstić information content (AvgIpc) is 2.72. The molecule has 0 aliphatic rings. The van der Waals surface area contributed by atoms with Crippen molar-refractivity contribution >= 4 is 11.7 Å². The summed E-state index contributed by atoms with van der Waals surface area (Å²) in [6, 6.07) is 17.6. The van der Waals surface area contributed by atoms with E-state index in [2.05, 4.69) is 10.3 Å². The van der Waals surface area contributed by atoms with Crippen molar-refractivity contribution in [2.45, 2.75) is 13.1 Å². The smallest absolute Gasteiger partial charge is 0.251 e. The molecule has 0 saturated heterocycles. The Hall–Kier alpha value is -3.71. The monoisotopic (exact) mass is 375 g/mol. The van der Waals surface area contributed by atoms with Gasteiger partial charge in [-0.15, -0.1) is 0 Å². The number of carbonyl (C=O) groups excluding carboxylic acids is 1. The Morgan fingerprint density at radius 1 is 1.04 bits per heavy atom. The number of carbonyl (C=O) groups is 1. The topological polar surface area (TPSA) is 127 Å². The van der Waals surface area contributed by atoms with Gasteiger partial charge in [0, 0.05) is 36.5 Å². The summed E-state index contributed by atoms with van der Waals surface area (Å²) in [4.78, 5) is 16.6. The third-order valence-electron chi connectivity index (χ3n) is 4.07. The summed E-state index contributed by atoms with van der Waals surface area (Å²) in [5.41, 5.74) is 14.0.